The van der Waals surface area contributed by atoms with Crippen molar-refractivity contribution in [1.82, 2.24) is 5.32 Å². The van der Waals surface area contributed by atoms with Crippen LogP contribution in [0.4, 0.5) is 0 Å². The summed E-state index contributed by atoms with van der Waals surface area (Å²) in [6.45, 7) is 1.84. The molecule has 0 aromatic heterocycles. The van der Waals surface area contributed by atoms with Gasteiger partial charge in [-0.3, -0.25) is 14.9 Å². The van der Waals surface area contributed by atoms with Gasteiger partial charge >= 0.3 is 10.1 Å². The second-order valence-electron chi connectivity index (χ2n) is 4.84. The molecule has 0 unspecified atom stereocenters. The molecular weight excluding hydrogens is 306 g/mol. The quantitative estimate of drug-likeness (QED) is 0.686. The van der Waals surface area contributed by atoms with Crippen LogP contribution in [0.15, 0.2) is 47.4 Å². The Morgan fingerprint density at radius 1 is 0.909 bits per heavy atom. The third-order valence-corrected chi connectivity index (χ3v) is 4.48. The van der Waals surface area contributed by atoms with Crippen molar-refractivity contribution in [2.24, 2.45) is 0 Å². The predicted octanol–water partition coefficient (Wildman–Crippen LogP) is 1.65. The fourth-order valence-electron chi connectivity index (χ4n) is 2.08. The molecule has 2 amide bonds. The summed E-state index contributed by atoms with van der Waals surface area (Å²) in [6, 6.07) is 10.1. The van der Waals surface area contributed by atoms with E-state index in [4.69, 9.17) is 4.18 Å². The Balaban J connectivity index is 1.93. The monoisotopic (exact) mass is 317 g/mol. The zero-order chi connectivity index (χ0) is 15.9. The zero-order valence-electron chi connectivity index (χ0n) is 11.5. The molecule has 6 nitrogen and oxygen atoms in total. The van der Waals surface area contributed by atoms with Crippen LogP contribution in [0, 0.1) is 6.92 Å². The number of nitrogens with one attached hydrogen (secondary N) is 1. The molecular formula is C15H11NO5S. The van der Waals surface area contributed by atoms with Crippen molar-refractivity contribution in [3.63, 3.8) is 0 Å². The highest BCUT2D eigenvalue weighted by molar-refractivity contribution is 7.87. The number of carbonyl (C=O) groups excluding carboxylic acids is 2. The molecule has 1 aliphatic heterocycles. The number of benzene rings is 2. The second kappa shape index (κ2) is 4.96. The van der Waals surface area contributed by atoms with E-state index in [9.17, 15) is 18.0 Å². The maximum absolute atomic E-state index is 12.2. The lowest BCUT2D eigenvalue weighted by Gasteiger charge is -2.08. The summed E-state index contributed by atoms with van der Waals surface area (Å²) in [4.78, 5) is 23.0. The first-order valence-electron chi connectivity index (χ1n) is 6.38. The summed E-state index contributed by atoms with van der Waals surface area (Å²) in [6.07, 6.45) is 0. The van der Waals surface area contributed by atoms with Crippen molar-refractivity contribution in [1.29, 1.82) is 0 Å². The number of amides is 2. The van der Waals surface area contributed by atoms with Crippen LogP contribution >= 0.6 is 0 Å². The Labute approximate surface area is 126 Å². The maximum atomic E-state index is 12.2. The minimum atomic E-state index is -4.00. The fourth-order valence-corrected chi connectivity index (χ4v) is 3.00. The van der Waals surface area contributed by atoms with Gasteiger partial charge < -0.3 is 4.18 Å². The molecule has 2 aromatic carbocycles. The van der Waals surface area contributed by atoms with Gasteiger partial charge in [0.1, 0.15) is 10.6 Å². The third kappa shape index (κ3) is 2.46. The summed E-state index contributed by atoms with van der Waals surface area (Å²) >= 11 is 0. The van der Waals surface area contributed by atoms with Crippen LogP contribution in [-0.2, 0) is 10.1 Å². The Bertz CT molecular complexity index is 885. The SMILES string of the molecule is Cc1ccc(S(=O)(=O)Oc2ccc3c(c2)C(=O)NC3=O)cc1. The van der Waals surface area contributed by atoms with Crippen molar-refractivity contribution in [2.45, 2.75) is 11.8 Å². The normalized spacial score (nSPS) is 13.7. The van der Waals surface area contributed by atoms with E-state index >= 15 is 0 Å². The van der Waals surface area contributed by atoms with Gasteiger partial charge in [-0.15, -0.1) is 0 Å². The van der Waals surface area contributed by atoms with Gasteiger partial charge in [0.05, 0.1) is 11.1 Å². The van der Waals surface area contributed by atoms with Crippen LogP contribution in [0.1, 0.15) is 26.3 Å². The number of aryl methyl sites for hydroxylation is 1. The van der Waals surface area contributed by atoms with E-state index in [2.05, 4.69) is 5.32 Å². The molecule has 0 saturated heterocycles. The highest BCUT2D eigenvalue weighted by Gasteiger charge is 2.28. The molecule has 7 heteroatoms. The molecule has 0 spiro atoms. The Kier molecular flexibility index (Phi) is 3.22. The van der Waals surface area contributed by atoms with Gasteiger partial charge in [0.25, 0.3) is 11.8 Å². The lowest BCUT2D eigenvalue weighted by atomic mass is 10.1. The summed E-state index contributed by atoms with van der Waals surface area (Å²) in [7, 11) is -4.00. The number of rotatable bonds is 3. The fraction of sp³-hybridized carbons (Fsp3) is 0.0667. The van der Waals surface area contributed by atoms with Crippen LogP contribution in [-0.4, -0.2) is 20.2 Å². The Morgan fingerprint density at radius 2 is 1.55 bits per heavy atom. The molecule has 0 aliphatic carbocycles. The van der Waals surface area contributed by atoms with Crippen molar-refractivity contribution < 1.29 is 22.2 Å². The summed E-state index contributed by atoms with van der Waals surface area (Å²) in [5.74, 6) is -1.10. The van der Waals surface area contributed by atoms with Gasteiger partial charge in [0, 0.05) is 0 Å². The molecule has 1 heterocycles. The first-order valence-corrected chi connectivity index (χ1v) is 7.78. The summed E-state index contributed by atoms with van der Waals surface area (Å²) < 4.78 is 29.4. The van der Waals surface area contributed by atoms with E-state index in [1.807, 2.05) is 6.92 Å². The van der Waals surface area contributed by atoms with Crippen molar-refractivity contribution in [3.8, 4) is 5.75 Å². The molecule has 0 fully saturated rings. The number of carbonyl (C=O) groups is 2. The van der Waals surface area contributed by atoms with Crippen LogP contribution in [0.3, 0.4) is 0 Å². The third-order valence-electron chi connectivity index (χ3n) is 3.22. The first-order chi connectivity index (χ1) is 10.4. The lowest BCUT2D eigenvalue weighted by Crippen LogP contribution is -2.19. The molecule has 2 aromatic rings. The number of hydrogen-bond donors (Lipinski definition) is 1. The minimum Gasteiger partial charge on any atom is -0.379 e. The van der Waals surface area contributed by atoms with E-state index in [-0.39, 0.29) is 21.8 Å². The standard InChI is InChI=1S/C15H11NO5S/c1-9-2-5-11(6-3-9)22(19,20)21-10-4-7-12-13(8-10)15(18)16-14(12)17/h2-8H,1H3,(H,16,17,18). The molecule has 0 atom stereocenters. The summed E-state index contributed by atoms with van der Waals surface area (Å²) in [5.41, 5.74) is 1.22. The van der Waals surface area contributed by atoms with Gasteiger partial charge in [-0.2, -0.15) is 8.42 Å². The van der Waals surface area contributed by atoms with E-state index in [1.54, 1.807) is 12.1 Å². The first kappa shape index (κ1) is 14.3. The molecule has 112 valence electrons. The van der Waals surface area contributed by atoms with E-state index in [0.29, 0.717) is 0 Å². The van der Waals surface area contributed by atoms with Gasteiger partial charge in [-0.05, 0) is 37.3 Å². The van der Waals surface area contributed by atoms with E-state index in [1.165, 1.54) is 30.3 Å². The zero-order valence-corrected chi connectivity index (χ0v) is 12.3. The van der Waals surface area contributed by atoms with Crippen molar-refractivity contribution >= 4 is 21.9 Å². The average Bonchev–Trinajstić information content (AvgIpc) is 2.74. The molecule has 1 aliphatic rings. The van der Waals surface area contributed by atoms with Crippen LogP contribution in [0.5, 0.6) is 5.75 Å². The number of imide groups is 1. The molecule has 1 N–H and O–H groups in total. The lowest BCUT2D eigenvalue weighted by molar-refractivity contribution is 0.0879. The van der Waals surface area contributed by atoms with Crippen LogP contribution in [0.2, 0.25) is 0 Å². The van der Waals surface area contributed by atoms with Crippen LogP contribution in [0.25, 0.3) is 0 Å². The Morgan fingerprint density at radius 3 is 2.23 bits per heavy atom. The van der Waals surface area contributed by atoms with Gasteiger partial charge in [0.15, 0.2) is 0 Å². The van der Waals surface area contributed by atoms with E-state index in [0.717, 1.165) is 5.56 Å². The van der Waals surface area contributed by atoms with Crippen molar-refractivity contribution in [2.75, 3.05) is 0 Å². The number of fused-ring (bicyclic) bond motifs is 1. The second-order valence-corrected chi connectivity index (χ2v) is 6.39. The number of hydrogen-bond acceptors (Lipinski definition) is 5. The topological polar surface area (TPSA) is 89.5 Å². The average molecular weight is 317 g/mol. The highest BCUT2D eigenvalue weighted by atomic mass is 32.2. The molecule has 0 bridgehead atoms. The Hall–Kier alpha value is -2.67. The van der Waals surface area contributed by atoms with Gasteiger partial charge in [-0.1, -0.05) is 17.7 Å². The van der Waals surface area contributed by atoms with Gasteiger partial charge in [0.2, 0.25) is 0 Å². The minimum absolute atomic E-state index is 0.0131. The molecule has 0 radical (unpaired) electrons. The molecule has 22 heavy (non-hydrogen) atoms. The van der Waals surface area contributed by atoms with Crippen LogP contribution < -0.4 is 9.50 Å². The molecule has 3 rings (SSSR count). The van der Waals surface area contributed by atoms with Gasteiger partial charge in [-0.25, -0.2) is 0 Å². The summed E-state index contributed by atoms with van der Waals surface area (Å²) in [5, 5.41) is 2.13. The molecule has 0 saturated carbocycles. The smallest absolute Gasteiger partial charge is 0.339 e. The van der Waals surface area contributed by atoms with Crippen molar-refractivity contribution in [3.05, 3.63) is 59.2 Å². The largest absolute Gasteiger partial charge is 0.379 e. The maximum Gasteiger partial charge on any atom is 0.339 e. The highest BCUT2D eigenvalue weighted by Crippen LogP contribution is 2.24. The van der Waals surface area contributed by atoms with E-state index < -0.39 is 21.9 Å². The predicted molar refractivity (Wildman–Crippen MR) is 77.2 cm³/mol.